The molecular weight excluding hydrogens is 375 g/mol. The minimum absolute atomic E-state index is 0.0101. The van der Waals surface area contributed by atoms with Crippen molar-refractivity contribution in [3.63, 3.8) is 0 Å². The quantitative estimate of drug-likeness (QED) is 0.828. The molecule has 5 rings (SSSR count). The highest BCUT2D eigenvalue weighted by molar-refractivity contribution is 5.96. The number of carbonyl (C=O) groups is 2. The molecule has 1 saturated heterocycles. The highest BCUT2D eigenvalue weighted by Gasteiger charge is 2.31. The Labute approximate surface area is 167 Å². The normalized spacial score (nSPS) is 21.1. The molecule has 8 nitrogen and oxygen atoms in total. The van der Waals surface area contributed by atoms with Gasteiger partial charge in [-0.3, -0.25) is 9.48 Å². The third-order valence-electron chi connectivity index (χ3n) is 5.92. The predicted molar refractivity (Wildman–Crippen MR) is 104 cm³/mol. The van der Waals surface area contributed by atoms with Crippen LogP contribution in [0, 0.1) is 5.82 Å². The number of rotatable bonds is 4. The first kappa shape index (κ1) is 18.1. The topological polar surface area (TPSA) is 92.2 Å². The van der Waals surface area contributed by atoms with Gasteiger partial charge in [0.1, 0.15) is 5.82 Å². The van der Waals surface area contributed by atoms with Crippen LogP contribution in [-0.2, 0) is 17.8 Å². The van der Waals surface area contributed by atoms with Crippen molar-refractivity contribution in [2.24, 2.45) is 0 Å². The number of anilines is 2. The molecule has 152 valence electrons. The van der Waals surface area contributed by atoms with Crippen molar-refractivity contribution in [3.05, 3.63) is 35.4 Å². The minimum atomic E-state index is -0.491. The molecule has 1 aromatic carbocycles. The number of hydrogen-bond donors (Lipinski definition) is 2. The highest BCUT2D eigenvalue weighted by atomic mass is 19.1. The van der Waals surface area contributed by atoms with Gasteiger partial charge in [0.15, 0.2) is 0 Å². The van der Waals surface area contributed by atoms with Crippen LogP contribution in [0.1, 0.15) is 49.3 Å². The molecule has 0 spiro atoms. The molecule has 2 N–H and O–H groups in total. The molecule has 3 aliphatic rings. The molecule has 1 aromatic heterocycles. The van der Waals surface area contributed by atoms with Crippen molar-refractivity contribution in [1.29, 1.82) is 0 Å². The standard InChI is InChI=1S/C20H23FN6O2/c21-15-8-13-5-6-19(28)22-16(13)9-17(15)23-20(29)27-7-1-2-14(27)10-26-11-18(24-25-26)12-3-4-12/h8-9,11-12,14H,1-7,10H2,(H,22,28)(H,23,29)/t14-/m0/s1. The van der Waals surface area contributed by atoms with Crippen molar-refractivity contribution in [2.75, 3.05) is 17.2 Å². The van der Waals surface area contributed by atoms with Crippen molar-refractivity contribution in [2.45, 2.75) is 57.0 Å². The van der Waals surface area contributed by atoms with Gasteiger partial charge in [-0.2, -0.15) is 0 Å². The van der Waals surface area contributed by atoms with E-state index >= 15 is 0 Å². The Hall–Kier alpha value is -2.97. The van der Waals surface area contributed by atoms with E-state index in [-0.39, 0.29) is 23.7 Å². The first-order valence-corrected chi connectivity index (χ1v) is 10.2. The molecule has 2 fully saturated rings. The summed E-state index contributed by atoms with van der Waals surface area (Å²) < 4.78 is 16.3. The third-order valence-corrected chi connectivity index (χ3v) is 5.92. The van der Waals surface area contributed by atoms with Crippen molar-refractivity contribution >= 4 is 23.3 Å². The van der Waals surface area contributed by atoms with E-state index in [4.69, 9.17) is 0 Å². The Bertz CT molecular complexity index is 970. The van der Waals surface area contributed by atoms with Crippen molar-refractivity contribution in [3.8, 4) is 0 Å². The number of amides is 3. The number of likely N-dealkylation sites (tertiary alicyclic amines) is 1. The van der Waals surface area contributed by atoms with E-state index in [2.05, 4.69) is 20.9 Å². The Morgan fingerprint density at radius 2 is 2.14 bits per heavy atom. The van der Waals surface area contributed by atoms with Gasteiger partial charge in [0, 0.05) is 30.8 Å². The molecular formula is C20H23FN6O2. The molecule has 3 amide bonds. The maximum Gasteiger partial charge on any atom is 0.322 e. The summed E-state index contributed by atoms with van der Waals surface area (Å²) in [4.78, 5) is 26.2. The van der Waals surface area contributed by atoms with Crippen molar-refractivity contribution < 1.29 is 14.0 Å². The van der Waals surface area contributed by atoms with E-state index in [0.29, 0.717) is 37.5 Å². The van der Waals surface area contributed by atoms with Gasteiger partial charge in [-0.1, -0.05) is 5.21 Å². The molecule has 1 atom stereocenters. The number of nitrogens with zero attached hydrogens (tertiary/aromatic N) is 4. The zero-order valence-electron chi connectivity index (χ0n) is 16.0. The maximum atomic E-state index is 14.5. The number of aryl methyl sites for hydroxylation is 1. The fourth-order valence-corrected chi connectivity index (χ4v) is 4.16. The molecule has 2 aliphatic heterocycles. The van der Waals surface area contributed by atoms with Gasteiger partial charge < -0.3 is 15.5 Å². The number of nitrogens with one attached hydrogen (secondary N) is 2. The summed E-state index contributed by atoms with van der Waals surface area (Å²) in [6, 6.07) is 2.55. The lowest BCUT2D eigenvalue weighted by atomic mass is 10.0. The summed E-state index contributed by atoms with van der Waals surface area (Å²) in [6.45, 7) is 1.19. The van der Waals surface area contributed by atoms with Crippen LogP contribution >= 0.6 is 0 Å². The maximum absolute atomic E-state index is 14.5. The first-order valence-electron chi connectivity index (χ1n) is 10.2. The summed E-state index contributed by atoms with van der Waals surface area (Å²) in [7, 11) is 0. The van der Waals surface area contributed by atoms with Crippen LogP contribution in [0.25, 0.3) is 0 Å². The van der Waals surface area contributed by atoms with Crippen LogP contribution < -0.4 is 10.6 Å². The van der Waals surface area contributed by atoms with E-state index < -0.39 is 5.82 Å². The third kappa shape index (κ3) is 3.68. The average Bonchev–Trinajstić information content (AvgIpc) is 3.26. The van der Waals surface area contributed by atoms with Gasteiger partial charge in [-0.25, -0.2) is 9.18 Å². The lowest BCUT2D eigenvalue weighted by Crippen LogP contribution is -2.41. The number of urea groups is 1. The summed E-state index contributed by atoms with van der Waals surface area (Å²) >= 11 is 0. The average molecular weight is 398 g/mol. The molecule has 9 heteroatoms. The Balaban J connectivity index is 1.28. The summed E-state index contributed by atoms with van der Waals surface area (Å²) in [5.74, 6) is -0.0482. The van der Waals surface area contributed by atoms with Crippen LogP contribution in [0.15, 0.2) is 18.3 Å². The molecule has 3 heterocycles. The number of aromatic nitrogens is 3. The molecule has 1 aliphatic carbocycles. The second kappa shape index (κ2) is 7.13. The summed E-state index contributed by atoms with van der Waals surface area (Å²) in [5, 5.41) is 13.8. The van der Waals surface area contributed by atoms with E-state index in [0.717, 1.165) is 24.1 Å². The van der Waals surface area contributed by atoms with E-state index in [1.54, 1.807) is 9.58 Å². The molecule has 2 aromatic rings. The Morgan fingerprint density at radius 1 is 1.28 bits per heavy atom. The number of benzene rings is 1. The Morgan fingerprint density at radius 3 is 2.97 bits per heavy atom. The van der Waals surface area contributed by atoms with E-state index in [1.807, 2.05) is 6.20 Å². The largest absolute Gasteiger partial charge is 0.326 e. The molecule has 0 bridgehead atoms. The summed E-state index contributed by atoms with van der Waals surface area (Å²) in [5.41, 5.74) is 2.42. The lowest BCUT2D eigenvalue weighted by molar-refractivity contribution is -0.116. The Kier molecular flexibility index (Phi) is 4.44. The number of hydrogen-bond acceptors (Lipinski definition) is 4. The monoisotopic (exact) mass is 398 g/mol. The fraction of sp³-hybridized carbons (Fsp3) is 0.500. The van der Waals surface area contributed by atoms with Gasteiger partial charge in [-0.05, 0) is 49.8 Å². The molecule has 29 heavy (non-hydrogen) atoms. The minimum Gasteiger partial charge on any atom is -0.326 e. The zero-order chi connectivity index (χ0) is 20.0. The zero-order valence-corrected chi connectivity index (χ0v) is 16.0. The van der Waals surface area contributed by atoms with E-state index in [9.17, 15) is 14.0 Å². The van der Waals surface area contributed by atoms with Gasteiger partial charge >= 0.3 is 6.03 Å². The first-order chi connectivity index (χ1) is 14.1. The lowest BCUT2D eigenvalue weighted by Gasteiger charge is -2.25. The smallest absolute Gasteiger partial charge is 0.322 e. The van der Waals surface area contributed by atoms with Gasteiger partial charge in [0.25, 0.3) is 0 Å². The SMILES string of the molecule is O=C1CCc2cc(F)c(NC(=O)N3CCC[C@H]3Cn3cc(C4CC4)nn3)cc2N1. The number of carbonyl (C=O) groups excluding carboxylic acids is 2. The molecule has 0 radical (unpaired) electrons. The van der Waals surface area contributed by atoms with Crippen LogP contribution in [0.3, 0.4) is 0 Å². The van der Waals surface area contributed by atoms with Crippen LogP contribution in [-0.4, -0.2) is 44.4 Å². The number of halogens is 1. The predicted octanol–water partition coefficient (Wildman–Crippen LogP) is 2.88. The van der Waals surface area contributed by atoms with Crippen LogP contribution in [0.5, 0.6) is 0 Å². The second-order valence-electron chi connectivity index (χ2n) is 8.10. The van der Waals surface area contributed by atoms with Crippen LogP contribution in [0.4, 0.5) is 20.6 Å². The highest BCUT2D eigenvalue weighted by Crippen LogP contribution is 2.38. The molecule has 1 saturated carbocycles. The van der Waals surface area contributed by atoms with Gasteiger partial charge in [0.2, 0.25) is 5.91 Å². The molecule has 0 unspecified atom stereocenters. The van der Waals surface area contributed by atoms with E-state index in [1.165, 1.54) is 25.0 Å². The van der Waals surface area contributed by atoms with Gasteiger partial charge in [0.05, 0.1) is 24.0 Å². The second-order valence-corrected chi connectivity index (χ2v) is 8.10. The number of fused-ring (bicyclic) bond motifs is 1. The van der Waals surface area contributed by atoms with Crippen molar-refractivity contribution in [1.82, 2.24) is 19.9 Å². The van der Waals surface area contributed by atoms with Crippen LogP contribution in [0.2, 0.25) is 0 Å². The van der Waals surface area contributed by atoms with Gasteiger partial charge in [-0.15, -0.1) is 5.10 Å². The summed E-state index contributed by atoms with van der Waals surface area (Å²) in [6.07, 6.45) is 6.92. The fourth-order valence-electron chi connectivity index (χ4n) is 4.16.